The van der Waals surface area contributed by atoms with E-state index in [0.717, 1.165) is 16.1 Å². The molecular weight excluding hydrogens is 386 g/mol. The zero-order valence-corrected chi connectivity index (χ0v) is 16.3. The van der Waals surface area contributed by atoms with Crippen molar-refractivity contribution in [1.29, 1.82) is 0 Å². The van der Waals surface area contributed by atoms with Gasteiger partial charge in [-0.15, -0.1) is 11.3 Å². The van der Waals surface area contributed by atoms with Crippen molar-refractivity contribution in [2.45, 2.75) is 13.8 Å². The zero-order valence-electron chi connectivity index (χ0n) is 14.7. The quantitative estimate of drug-likeness (QED) is 0.661. The van der Waals surface area contributed by atoms with Crippen LogP contribution < -0.4 is 9.91 Å². The first-order chi connectivity index (χ1) is 13.0. The number of hydrogen-bond donors (Lipinski definition) is 0. The molecule has 0 radical (unpaired) electrons. The van der Waals surface area contributed by atoms with Crippen molar-refractivity contribution < 1.29 is 9.59 Å². The number of carbonyl (C=O) groups excluding carboxylic acids is 2. The van der Waals surface area contributed by atoms with Crippen molar-refractivity contribution in [3.63, 3.8) is 0 Å². The molecule has 0 bridgehead atoms. The molecule has 4 rings (SSSR count). The standard InChI is InChI=1S/C18H16ClN5O2S/c1-11(25)22-9-10-23(12(2)26)24-17(13-5-7-20-8-6-13)16(21-18(22)24)14-3-4-15(19)27-14/h3-8H,9-10H2,1-2H3. The second-order valence-electron chi connectivity index (χ2n) is 6.07. The lowest BCUT2D eigenvalue weighted by Crippen LogP contribution is -2.52. The average molecular weight is 402 g/mol. The summed E-state index contributed by atoms with van der Waals surface area (Å²) in [6.07, 6.45) is 3.37. The number of pyridine rings is 1. The van der Waals surface area contributed by atoms with E-state index >= 15 is 0 Å². The molecule has 0 saturated carbocycles. The first-order valence-electron chi connectivity index (χ1n) is 8.32. The van der Waals surface area contributed by atoms with Gasteiger partial charge in [-0.3, -0.25) is 19.5 Å². The molecule has 3 aromatic heterocycles. The van der Waals surface area contributed by atoms with E-state index in [1.807, 2.05) is 24.3 Å². The van der Waals surface area contributed by atoms with Crippen LogP contribution in [0.1, 0.15) is 13.8 Å². The number of nitrogens with zero attached hydrogens (tertiary/aromatic N) is 5. The van der Waals surface area contributed by atoms with Crippen LogP contribution in [0.4, 0.5) is 5.95 Å². The molecule has 0 N–H and O–H groups in total. The van der Waals surface area contributed by atoms with Gasteiger partial charge in [0.05, 0.1) is 15.8 Å². The van der Waals surface area contributed by atoms with Crippen LogP contribution in [0.2, 0.25) is 4.34 Å². The predicted molar refractivity (Wildman–Crippen MR) is 106 cm³/mol. The number of thiophene rings is 1. The Morgan fingerprint density at radius 3 is 2.41 bits per heavy atom. The molecule has 0 fully saturated rings. The van der Waals surface area contributed by atoms with E-state index in [2.05, 4.69) is 4.98 Å². The summed E-state index contributed by atoms with van der Waals surface area (Å²) in [5, 5.41) is 1.61. The fourth-order valence-corrected chi connectivity index (χ4v) is 4.21. The number of halogens is 1. The van der Waals surface area contributed by atoms with Gasteiger partial charge in [0.1, 0.15) is 11.4 Å². The number of amides is 2. The van der Waals surface area contributed by atoms with Gasteiger partial charge in [-0.2, -0.15) is 0 Å². The van der Waals surface area contributed by atoms with Crippen LogP contribution in [-0.2, 0) is 9.59 Å². The van der Waals surface area contributed by atoms with Gasteiger partial charge in [0.2, 0.25) is 17.8 Å². The van der Waals surface area contributed by atoms with Gasteiger partial charge >= 0.3 is 0 Å². The van der Waals surface area contributed by atoms with E-state index in [9.17, 15) is 9.59 Å². The molecule has 0 aliphatic carbocycles. The lowest BCUT2D eigenvalue weighted by Gasteiger charge is -2.35. The van der Waals surface area contributed by atoms with Crippen LogP contribution in [0.15, 0.2) is 36.7 Å². The Kier molecular flexibility index (Phi) is 4.45. The monoisotopic (exact) mass is 401 g/mol. The zero-order chi connectivity index (χ0) is 19.1. The third kappa shape index (κ3) is 3.00. The summed E-state index contributed by atoms with van der Waals surface area (Å²) >= 11 is 7.54. The second-order valence-corrected chi connectivity index (χ2v) is 7.79. The van der Waals surface area contributed by atoms with Crippen LogP contribution in [0, 0.1) is 0 Å². The third-order valence-corrected chi connectivity index (χ3v) is 5.60. The number of rotatable bonds is 2. The van der Waals surface area contributed by atoms with Crippen molar-refractivity contribution >= 4 is 40.7 Å². The molecule has 1 aliphatic heterocycles. The maximum absolute atomic E-state index is 12.3. The first kappa shape index (κ1) is 17.7. The van der Waals surface area contributed by atoms with Crippen molar-refractivity contribution in [2.75, 3.05) is 23.0 Å². The molecule has 4 heterocycles. The number of hydrogen-bond acceptors (Lipinski definition) is 5. The van der Waals surface area contributed by atoms with Crippen molar-refractivity contribution in [3.8, 4) is 21.8 Å². The highest BCUT2D eigenvalue weighted by atomic mass is 35.5. The first-order valence-corrected chi connectivity index (χ1v) is 9.52. The molecule has 1 aliphatic rings. The molecule has 27 heavy (non-hydrogen) atoms. The number of carbonyl (C=O) groups is 2. The van der Waals surface area contributed by atoms with Crippen molar-refractivity contribution in [1.82, 2.24) is 14.6 Å². The number of fused-ring (bicyclic) bond motifs is 1. The average Bonchev–Trinajstić information content (AvgIpc) is 3.24. The maximum Gasteiger partial charge on any atom is 0.238 e. The molecule has 0 spiro atoms. The van der Waals surface area contributed by atoms with Crippen LogP contribution in [0.5, 0.6) is 0 Å². The smallest absolute Gasteiger partial charge is 0.238 e. The molecule has 7 nitrogen and oxygen atoms in total. The molecule has 0 aromatic carbocycles. The minimum atomic E-state index is -0.124. The highest BCUT2D eigenvalue weighted by Crippen LogP contribution is 2.40. The van der Waals surface area contributed by atoms with Gasteiger partial charge < -0.3 is 0 Å². The van der Waals surface area contributed by atoms with Gasteiger partial charge in [0.25, 0.3) is 0 Å². The lowest BCUT2D eigenvalue weighted by atomic mass is 10.1. The number of aromatic nitrogens is 3. The molecule has 9 heteroatoms. The van der Waals surface area contributed by atoms with Gasteiger partial charge in [0, 0.05) is 38.3 Å². The Balaban J connectivity index is 2.05. The highest BCUT2D eigenvalue weighted by molar-refractivity contribution is 7.19. The number of imidazole rings is 1. The normalized spacial score (nSPS) is 13.6. The maximum atomic E-state index is 12.3. The van der Waals surface area contributed by atoms with Gasteiger partial charge in [-0.1, -0.05) is 11.6 Å². The summed E-state index contributed by atoms with van der Waals surface area (Å²) in [6, 6.07) is 7.41. The Morgan fingerprint density at radius 1 is 1.07 bits per heavy atom. The van der Waals surface area contributed by atoms with Crippen LogP contribution in [0.3, 0.4) is 0 Å². The topological polar surface area (TPSA) is 71.3 Å². The number of anilines is 1. The van der Waals surface area contributed by atoms with Crippen LogP contribution >= 0.6 is 22.9 Å². The van der Waals surface area contributed by atoms with Gasteiger partial charge in [-0.25, -0.2) is 14.7 Å². The van der Waals surface area contributed by atoms with Crippen molar-refractivity contribution in [2.24, 2.45) is 0 Å². The van der Waals surface area contributed by atoms with Crippen LogP contribution in [0.25, 0.3) is 21.8 Å². The summed E-state index contributed by atoms with van der Waals surface area (Å²) in [5.74, 6) is 0.180. The Bertz CT molecular complexity index is 1030. The fraction of sp³-hybridized carbons (Fsp3) is 0.222. The summed E-state index contributed by atoms with van der Waals surface area (Å²) < 4.78 is 2.37. The molecule has 0 atom stereocenters. The molecular formula is C18H16ClN5O2S. The van der Waals surface area contributed by atoms with Crippen molar-refractivity contribution in [3.05, 3.63) is 41.0 Å². The molecule has 3 aromatic rings. The van der Waals surface area contributed by atoms with E-state index in [0.29, 0.717) is 29.1 Å². The Morgan fingerprint density at radius 2 is 1.81 bits per heavy atom. The van der Waals surface area contributed by atoms with Gasteiger partial charge in [-0.05, 0) is 24.3 Å². The third-order valence-electron chi connectivity index (χ3n) is 4.36. The van der Waals surface area contributed by atoms with E-state index in [1.54, 1.807) is 27.0 Å². The minimum Gasteiger partial charge on any atom is -0.279 e. The molecule has 2 amide bonds. The van der Waals surface area contributed by atoms with E-state index in [-0.39, 0.29) is 11.8 Å². The molecule has 138 valence electrons. The van der Waals surface area contributed by atoms with E-state index < -0.39 is 0 Å². The Labute approximate surface area is 164 Å². The van der Waals surface area contributed by atoms with Gasteiger partial charge in [0.15, 0.2) is 0 Å². The largest absolute Gasteiger partial charge is 0.279 e. The van der Waals surface area contributed by atoms with E-state index in [1.165, 1.54) is 25.2 Å². The summed E-state index contributed by atoms with van der Waals surface area (Å²) in [4.78, 5) is 35.8. The SMILES string of the molecule is CC(=O)N1CCN(C(C)=O)n2c1nc(-c1ccc(Cl)s1)c2-c1ccncc1. The summed E-state index contributed by atoms with van der Waals surface area (Å²) in [6.45, 7) is 3.79. The van der Waals surface area contributed by atoms with E-state index in [4.69, 9.17) is 16.6 Å². The summed E-state index contributed by atoms with van der Waals surface area (Å²) in [7, 11) is 0. The Hall–Kier alpha value is -2.71. The highest BCUT2D eigenvalue weighted by Gasteiger charge is 2.34. The lowest BCUT2D eigenvalue weighted by molar-refractivity contribution is -0.119. The minimum absolute atomic E-state index is 0.122. The second kappa shape index (κ2) is 6.79. The van der Waals surface area contributed by atoms with Crippen LogP contribution in [-0.4, -0.2) is 39.5 Å². The fourth-order valence-electron chi connectivity index (χ4n) is 3.18. The summed E-state index contributed by atoms with van der Waals surface area (Å²) in [5.41, 5.74) is 2.25. The molecule has 0 unspecified atom stereocenters. The molecule has 0 saturated heterocycles. The predicted octanol–water partition coefficient (Wildman–Crippen LogP) is 3.18.